The maximum atomic E-state index is 13.5. The number of para-hydroxylation sites is 1. The van der Waals surface area contributed by atoms with Crippen LogP contribution in [0.3, 0.4) is 0 Å². The second kappa shape index (κ2) is 5.98. The maximum absolute atomic E-state index is 13.5. The average molecular weight is 349 g/mol. The molecule has 0 saturated heterocycles. The number of hydrogen-bond acceptors (Lipinski definition) is 6. The van der Waals surface area contributed by atoms with Crippen molar-refractivity contribution in [2.45, 2.75) is 12.3 Å². The molecule has 0 bridgehead atoms. The SMILES string of the molecule is C#CCN1C(=O)[C@@]2(C(C#N)=C(N)OC(C)=C2C(=O)OC)c2ccccc21. The fourth-order valence-electron chi connectivity index (χ4n) is 3.56. The zero-order valence-corrected chi connectivity index (χ0v) is 14.2. The molecule has 1 spiro atoms. The van der Waals surface area contributed by atoms with Crippen molar-refractivity contribution in [1.82, 2.24) is 0 Å². The van der Waals surface area contributed by atoms with Crippen molar-refractivity contribution < 1.29 is 19.1 Å². The van der Waals surface area contributed by atoms with E-state index < -0.39 is 17.3 Å². The van der Waals surface area contributed by atoms with Gasteiger partial charge in [-0.2, -0.15) is 5.26 Å². The van der Waals surface area contributed by atoms with Gasteiger partial charge in [-0.15, -0.1) is 6.42 Å². The van der Waals surface area contributed by atoms with E-state index in [1.54, 1.807) is 24.3 Å². The molecule has 1 amide bonds. The Morgan fingerprint density at radius 1 is 1.46 bits per heavy atom. The number of rotatable bonds is 2. The largest absolute Gasteiger partial charge is 0.466 e. The Labute approximate surface area is 150 Å². The van der Waals surface area contributed by atoms with Gasteiger partial charge in [-0.25, -0.2) is 4.79 Å². The normalized spacial score (nSPS) is 21.2. The van der Waals surface area contributed by atoms with E-state index in [0.29, 0.717) is 11.3 Å². The highest BCUT2D eigenvalue weighted by atomic mass is 16.5. The first kappa shape index (κ1) is 17.1. The number of benzene rings is 1. The molecule has 130 valence electrons. The summed E-state index contributed by atoms with van der Waals surface area (Å²) in [6, 6.07) is 8.74. The van der Waals surface area contributed by atoms with Gasteiger partial charge in [0, 0.05) is 11.3 Å². The number of hydrogen-bond donors (Lipinski definition) is 1. The summed E-state index contributed by atoms with van der Waals surface area (Å²) in [6.07, 6.45) is 5.41. The fraction of sp³-hybridized carbons (Fsp3) is 0.211. The van der Waals surface area contributed by atoms with Crippen LogP contribution in [0.2, 0.25) is 0 Å². The fourth-order valence-corrected chi connectivity index (χ4v) is 3.56. The smallest absolute Gasteiger partial charge is 0.339 e. The summed E-state index contributed by atoms with van der Waals surface area (Å²) >= 11 is 0. The molecule has 1 aromatic rings. The first-order chi connectivity index (χ1) is 12.4. The first-order valence-corrected chi connectivity index (χ1v) is 7.67. The van der Waals surface area contributed by atoms with E-state index in [0.717, 1.165) is 0 Å². The van der Waals surface area contributed by atoms with E-state index in [2.05, 4.69) is 5.92 Å². The van der Waals surface area contributed by atoms with Gasteiger partial charge in [-0.05, 0) is 13.0 Å². The third kappa shape index (κ3) is 1.95. The van der Waals surface area contributed by atoms with Crippen LogP contribution in [0.25, 0.3) is 0 Å². The summed E-state index contributed by atoms with van der Waals surface area (Å²) < 4.78 is 10.2. The topological polar surface area (TPSA) is 106 Å². The number of esters is 1. The Kier molecular flexibility index (Phi) is 3.94. The summed E-state index contributed by atoms with van der Waals surface area (Å²) in [4.78, 5) is 27.4. The van der Waals surface area contributed by atoms with Crippen LogP contribution in [0.1, 0.15) is 12.5 Å². The molecule has 1 aromatic carbocycles. The summed E-state index contributed by atoms with van der Waals surface area (Å²) in [5.41, 5.74) is 4.86. The molecule has 2 heterocycles. The van der Waals surface area contributed by atoms with E-state index in [-0.39, 0.29) is 29.3 Å². The van der Waals surface area contributed by atoms with E-state index in [9.17, 15) is 14.9 Å². The van der Waals surface area contributed by atoms with Crippen LogP contribution < -0.4 is 10.6 Å². The number of amides is 1. The van der Waals surface area contributed by atoms with E-state index in [1.165, 1.54) is 18.9 Å². The maximum Gasteiger partial charge on any atom is 0.339 e. The van der Waals surface area contributed by atoms with Gasteiger partial charge in [0.15, 0.2) is 5.41 Å². The molecule has 0 aromatic heterocycles. The Hall–Kier alpha value is -3.71. The Bertz CT molecular complexity index is 977. The number of fused-ring (bicyclic) bond motifs is 2. The van der Waals surface area contributed by atoms with Crippen LogP contribution in [0.4, 0.5) is 5.69 Å². The van der Waals surface area contributed by atoms with E-state index >= 15 is 0 Å². The number of carbonyl (C=O) groups excluding carboxylic acids is 2. The van der Waals surface area contributed by atoms with Gasteiger partial charge in [0.25, 0.3) is 0 Å². The minimum absolute atomic E-state index is 0.0232. The molecule has 7 nitrogen and oxygen atoms in total. The molecule has 2 aliphatic rings. The molecule has 2 aliphatic heterocycles. The molecule has 1 atom stereocenters. The minimum atomic E-state index is -1.75. The Morgan fingerprint density at radius 2 is 2.15 bits per heavy atom. The van der Waals surface area contributed by atoms with Gasteiger partial charge in [-0.3, -0.25) is 9.69 Å². The predicted molar refractivity (Wildman–Crippen MR) is 91.9 cm³/mol. The van der Waals surface area contributed by atoms with Crippen molar-refractivity contribution in [3.05, 3.63) is 52.6 Å². The highest BCUT2D eigenvalue weighted by Crippen LogP contribution is 2.53. The zero-order valence-electron chi connectivity index (χ0n) is 14.2. The van der Waals surface area contributed by atoms with Crippen LogP contribution in [0.15, 0.2) is 47.1 Å². The number of nitriles is 1. The lowest BCUT2D eigenvalue weighted by Crippen LogP contribution is -2.48. The average Bonchev–Trinajstić information content (AvgIpc) is 2.86. The molecule has 0 radical (unpaired) electrons. The molecule has 26 heavy (non-hydrogen) atoms. The van der Waals surface area contributed by atoms with Crippen molar-refractivity contribution in [2.24, 2.45) is 5.73 Å². The Balaban J connectivity index is 2.46. The standard InChI is InChI=1S/C19H15N3O4/c1-4-9-22-14-8-6-5-7-12(14)19(18(22)24)13(10-20)16(21)26-11(2)15(19)17(23)25-3/h1,5-8H,9,21H2,2-3H3/t19-/m1/s1. The highest BCUT2D eigenvalue weighted by molar-refractivity contribution is 6.18. The molecule has 7 heteroatoms. The quantitative estimate of drug-likeness (QED) is 0.632. The third-order valence-electron chi connectivity index (χ3n) is 4.53. The van der Waals surface area contributed by atoms with Crippen molar-refractivity contribution in [1.29, 1.82) is 5.26 Å². The number of anilines is 1. The molecule has 3 rings (SSSR count). The number of terminal acetylenes is 1. The van der Waals surface area contributed by atoms with Crippen LogP contribution in [-0.4, -0.2) is 25.5 Å². The zero-order chi connectivity index (χ0) is 19.1. The lowest BCUT2D eigenvalue weighted by molar-refractivity contribution is -0.138. The third-order valence-corrected chi connectivity index (χ3v) is 4.53. The number of nitrogens with zero attached hydrogens (tertiary/aromatic N) is 2. The van der Waals surface area contributed by atoms with Gasteiger partial charge in [0.05, 0.1) is 13.7 Å². The van der Waals surface area contributed by atoms with Gasteiger partial charge >= 0.3 is 5.97 Å². The van der Waals surface area contributed by atoms with Crippen LogP contribution in [0, 0.1) is 23.7 Å². The predicted octanol–water partition coefficient (Wildman–Crippen LogP) is 1.08. The second-order valence-corrected chi connectivity index (χ2v) is 5.74. The van der Waals surface area contributed by atoms with Crippen LogP contribution in [-0.2, 0) is 24.5 Å². The second-order valence-electron chi connectivity index (χ2n) is 5.74. The highest BCUT2D eigenvalue weighted by Gasteiger charge is 2.61. The van der Waals surface area contributed by atoms with Crippen LogP contribution >= 0.6 is 0 Å². The monoisotopic (exact) mass is 349 g/mol. The van der Waals surface area contributed by atoms with Crippen molar-refractivity contribution in [3.63, 3.8) is 0 Å². The number of carbonyl (C=O) groups is 2. The molecule has 0 fully saturated rings. The molecule has 0 unspecified atom stereocenters. The lowest BCUT2D eigenvalue weighted by atomic mass is 9.68. The molecular formula is C19H15N3O4. The van der Waals surface area contributed by atoms with Gasteiger partial charge in [0.2, 0.25) is 11.8 Å². The van der Waals surface area contributed by atoms with Crippen LogP contribution in [0.5, 0.6) is 0 Å². The van der Waals surface area contributed by atoms with E-state index in [1.807, 2.05) is 6.07 Å². The van der Waals surface area contributed by atoms with Gasteiger partial charge < -0.3 is 15.2 Å². The summed E-state index contributed by atoms with van der Waals surface area (Å²) in [7, 11) is 1.19. The summed E-state index contributed by atoms with van der Waals surface area (Å²) in [6.45, 7) is 1.47. The summed E-state index contributed by atoms with van der Waals surface area (Å²) in [5, 5.41) is 9.75. The van der Waals surface area contributed by atoms with Crippen molar-refractivity contribution >= 4 is 17.6 Å². The Morgan fingerprint density at radius 3 is 2.77 bits per heavy atom. The molecule has 0 aliphatic carbocycles. The lowest BCUT2D eigenvalue weighted by Gasteiger charge is -2.34. The molecular weight excluding hydrogens is 334 g/mol. The number of methoxy groups -OCH3 is 1. The molecule has 2 N–H and O–H groups in total. The molecule has 0 saturated carbocycles. The van der Waals surface area contributed by atoms with Gasteiger partial charge in [-0.1, -0.05) is 24.1 Å². The van der Waals surface area contributed by atoms with Crippen molar-refractivity contribution in [3.8, 4) is 18.4 Å². The van der Waals surface area contributed by atoms with Crippen molar-refractivity contribution in [2.75, 3.05) is 18.6 Å². The number of nitrogens with two attached hydrogens (primary N) is 1. The minimum Gasteiger partial charge on any atom is -0.466 e. The summed E-state index contributed by atoms with van der Waals surface area (Å²) in [5.74, 6) is 0.965. The number of allylic oxidation sites excluding steroid dienone is 1. The first-order valence-electron chi connectivity index (χ1n) is 7.67. The number of ether oxygens (including phenoxy) is 2. The van der Waals surface area contributed by atoms with Gasteiger partial charge in [0.1, 0.15) is 23.0 Å². The van der Waals surface area contributed by atoms with E-state index in [4.69, 9.17) is 21.6 Å².